The molecule has 0 fully saturated rings. The van der Waals surface area contributed by atoms with E-state index < -0.39 is 0 Å². The summed E-state index contributed by atoms with van der Waals surface area (Å²) in [6, 6.07) is 20.2. The fourth-order valence-electron chi connectivity index (χ4n) is 4.14. The molecule has 7 heteroatoms. The van der Waals surface area contributed by atoms with Crippen molar-refractivity contribution in [2.45, 2.75) is 6.92 Å². The molecule has 33 heavy (non-hydrogen) atoms. The first-order valence-corrected chi connectivity index (χ1v) is 11.3. The number of anilines is 1. The molecule has 0 atom stereocenters. The van der Waals surface area contributed by atoms with Crippen LogP contribution in [0.5, 0.6) is 5.75 Å². The van der Waals surface area contributed by atoms with E-state index in [1.165, 1.54) is 4.57 Å². The van der Waals surface area contributed by atoms with Gasteiger partial charge in [0.1, 0.15) is 11.6 Å². The zero-order valence-electron chi connectivity index (χ0n) is 18.1. The third kappa shape index (κ3) is 3.54. The van der Waals surface area contributed by atoms with E-state index in [0.717, 1.165) is 15.7 Å². The molecular weight excluding hydrogens is 482 g/mol. The molecule has 0 saturated carbocycles. The topological polar surface area (TPSA) is 64.4 Å². The van der Waals surface area contributed by atoms with Crippen LogP contribution in [-0.2, 0) is 4.79 Å². The van der Waals surface area contributed by atoms with Crippen LogP contribution in [0.4, 0.5) is 5.69 Å². The molecule has 1 amide bonds. The number of hydrogen-bond donors (Lipinski definition) is 0. The number of rotatable bonds is 4. The second kappa shape index (κ2) is 8.33. The quantitative estimate of drug-likeness (QED) is 0.366. The first-order valence-electron chi connectivity index (χ1n) is 10.5. The van der Waals surface area contributed by atoms with Crippen molar-refractivity contribution in [2.24, 2.45) is 0 Å². The summed E-state index contributed by atoms with van der Waals surface area (Å²) in [6.07, 6.45) is 1.71. The molecule has 6 nitrogen and oxygen atoms in total. The summed E-state index contributed by atoms with van der Waals surface area (Å²) in [5.74, 6) is 0.953. The normalized spacial score (nSPS) is 14.2. The van der Waals surface area contributed by atoms with Gasteiger partial charge in [-0.15, -0.1) is 0 Å². The summed E-state index contributed by atoms with van der Waals surface area (Å²) in [4.78, 5) is 33.3. The highest BCUT2D eigenvalue weighted by Crippen LogP contribution is 2.39. The van der Waals surface area contributed by atoms with Gasteiger partial charge in [0.05, 0.1) is 35.0 Å². The van der Waals surface area contributed by atoms with E-state index in [2.05, 4.69) is 15.9 Å². The molecule has 0 radical (unpaired) electrons. The third-order valence-electron chi connectivity index (χ3n) is 5.74. The second-order valence-corrected chi connectivity index (χ2v) is 8.51. The minimum atomic E-state index is -0.204. The highest BCUT2D eigenvalue weighted by Gasteiger charge is 2.32. The van der Waals surface area contributed by atoms with Gasteiger partial charge < -0.3 is 9.64 Å². The molecule has 0 aliphatic carbocycles. The van der Waals surface area contributed by atoms with Gasteiger partial charge in [0, 0.05) is 16.6 Å². The van der Waals surface area contributed by atoms with Crippen molar-refractivity contribution >= 4 is 50.1 Å². The molecule has 0 spiro atoms. The standard InChI is InChI=1S/C26H20BrN3O3/c1-3-29-23-13-8-16(27)14-20(23)21(25(29)31)15-24-28-22-7-5-4-6-19(22)26(32)30(24)17-9-11-18(33-2)12-10-17/h4-15H,3H2,1-2H3/b21-15-. The smallest absolute Gasteiger partial charge is 0.266 e. The van der Waals surface area contributed by atoms with E-state index in [0.29, 0.717) is 40.3 Å². The number of methoxy groups -OCH3 is 1. The molecule has 3 aromatic carbocycles. The molecular formula is C26H20BrN3O3. The molecule has 1 aliphatic heterocycles. The molecule has 0 saturated heterocycles. The summed E-state index contributed by atoms with van der Waals surface area (Å²) >= 11 is 3.51. The van der Waals surface area contributed by atoms with Crippen molar-refractivity contribution in [3.05, 3.63) is 92.9 Å². The average Bonchev–Trinajstić information content (AvgIpc) is 3.09. The summed E-state index contributed by atoms with van der Waals surface area (Å²) in [7, 11) is 1.59. The van der Waals surface area contributed by atoms with Crippen LogP contribution in [0.1, 0.15) is 18.3 Å². The lowest BCUT2D eigenvalue weighted by atomic mass is 10.1. The Hall–Kier alpha value is -3.71. The highest BCUT2D eigenvalue weighted by atomic mass is 79.9. The van der Waals surface area contributed by atoms with E-state index in [1.807, 2.05) is 37.3 Å². The first kappa shape index (κ1) is 21.2. The van der Waals surface area contributed by atoms with Gasteiger partial charge in [0.25, 0.3) is 11.5 Å². The van der Waals surface area contributed by atoms with E-state index >= 15 is 0 Å². The maximum Gasteiger partial charge on any atom is 0.266 e. The number of likely N-dealkylation sites (N-methyl/N-ethyl adjacent to an activating group) is 1. The fraction of sp³-hybridized carbons (Fsp3) is 0.115. The van der Waals surface area contributed by atoms with Crippen LogP contribution in [0, 0.1) is 0 Å². The number of halogens is 1. The summed E-state index contributed by atoms with van der Waals surface area (Å²) in [5, 5.41) is 0.506. The number of carbonyl (C=O) groups excluding carboxylic acids is 1. The minimum absolute atomic E-state index is 0.116. The number of hydrogen-bond acceptors (Lipinski definition) is 4. The zero-order valence-corrected chi connectivity index (χ0v) is 19.7. The predicted molar refractivity (Wildman–Crippen MR) is 134 cm³/mol. The average molecular weight is 502 g/mol. The molecule has 0 N–H and O–H groups in total. The summed E-state index contributed by atoms with van der Waals surface area (Å²) < 4.78 is 7.67. The van der Waals surface area contributed by atoms with E-state index in [-0.39, 0.29) is 11.5 Å². The molecule has 0 bridgehead atoms. The lowest BCUT2D eigenvalue weighted by molar-refractivity contribution is -0.112. The number of fused-ring (bicyclic) bond motifs is 2. The van der Waals surface area contributed by atoms with Crippen molar-refractivity contribution in [3.8, 4) is 11.4 Å². The van der Waals surface area contributed by atoms with Gasteiger partial charge >= 0.3 is 0 Å². The van der Waals surface area contributed by atoms with Gasteiger partial charge in [-0.05, 0) is 67.6 Å². The van der Waals surface area contributed by atoms with Gasteiger partial charge in [-0.1, -0.05) is 28.1 Å². The van der Waals surface area contributed by atoms with Crippen LogP contribution in [0.15, 0.2) is 76.0 Å². The Morgan fingerprint density at radius 2 is 1.79 bits per heavy atom. The largest absolute Gasteiger partial charge is 0.497 e. The van der Waals surface area contributed by atoms with Crippen LogP contribution in [-0.4, -0.2) is 29.1 Å². The van der Waals surface area contributed by atoms with Gasteiger partial charge in [-0.3, -0.25) is 14.2 Å². The van der Waals surface area contributed by atoms with E-state index in [4.69, 9.17) is 9.72 Å². The second-order valence-electron chi connectivity index (χ2n) is 7.59. The monoisotopic (exact) mass is 501 g/mol. The maximum absolute atomic E-state index is 13.5. The molecule has 2 heterocycles. The Morgan fingerprint density at radius 1 is 1.03 bits per heavy atom. The van der Waals surface area contributed by atoms with Crippen LogP contribution in [0.3, 0.4) is 0 Å². The van der Waals surface area contributed by atoms with Crippen molar-refractivity contribution in [1.82, 2.24) is 9.55 Å². The van der Waals surface area contributed by atoms with E-state index in [1.54, 1.807) is 54.5 Å². The summed E-state index contributed by atoms with van der Waals surface area (Å²) in [6.45, 7) is 2.48. The lowest BCUT2D eigenvalue weighted by Crippen LogP contribution is -2.26. The van der Waals surface area contributed by atoms with Crippen molar-refractivity contribution in [1.29, 1.82) is 0 Å². The van der Waals surface area contributed by atoms with Crippen LogP contribution in [0.25, 0.3) is 28.2 Å². The Balaban J connectivity index is 1.80. The van der Waals surface area contributed by atoms with Crippen LogP contribution in [0.2, 0.25) is 0 Å². The Labute approximate surface area is 198 Å². The highest BCUT2D eigenvalue weighted by molar-refractivity contribution is 9.10. The van der Waals surface area contributed by atoms with Crippen LogP contribution < -0.4 is 15.2 Å². The lowest BCUT2D eigenvalue weighted by Gasteiger charge is -2.14. The number of amides is 1. The molecule has 0 unspecified atom stereocenters. The zero-order chi connectivity index (χ0) is 23.1. The molecule has 5 rings (SSSR count). The van der Waals surface area contributed by atoms with Crippen molar-refractivity contribution in [3.63, 3.8) is 0 Å². The number of para-hydroxylation sites is 1. The SMILES string of the molecule is CCN1C(=O)/C(=C\c2nc3ccccc3c(=O)n2-c2ccc(OC)cc2)c2cc(Br)ccc21. The van der Waals surface area contributed by atoms with E-state index in [9.17, 15) is 9.59 Å². The number of aromatic nitrogens is 2. The number of nitrogens with zero attached hydrogens (tertiary/aromatic N) is 3. The Morgan fingerprint density at radius 3 is 2.52 bits per heavy atom. The molecule has 164 valence electrons. The summed E-state index contributed by atoms with van der Waals surface area (Å²) in [5.41, 5.74) is 3.16. The minimum Gasteiger partial charge on any atom is -0.497 e. The molecule has 1 aliphatic rings. The number of ether oxygens (including phenoxy) is 1. The van der Waals surface area contributed by atoms with Crippen molar-refractivity contribution in [2.75, 3.05) is 18.6 Å². The molecule has 4 aromatic rings. The van der Waals surface area contributed by atoms with Crippen LogP contribution >= 0.6 is 15.9 Å². The van der Waals surface area contributed by atoms with Gasteiger partial charge in [0.2, 0.25) is 0 Å². The number of carbonyl (C=O) groups is 1. The molecule has 1 aromatic heterocycles. The first-order chi connectivity index (χ1) is 16.0. The Bertz CT molecular complexity index is 1490. The fourth-order valence-corrected chi connectivity index (χ4v) is 4.50. The predicted octanol–water partition coefficient (Wildman–Crippen LogP) is 5.06. The van der Waals surface area contributed by atoms with Gasteiger partial charge in [-0.25, -0.2) is 4.98 Å². The van der Waals surface area contributed by atoms with Crippen molar-refractivity contribution < 1.29 is 9.53 Å². The maximum atomic E-state index is 13.5. The van der Waals surface area contributed by atoms with Gasteiger partial charge in [-0.2, -0.15) is 0 Å². The Kier molecular flexibility index (Phi) is 5.34. The number of benzene rings is 3. The third-order valence-corrected chi connectivity index (χ3v) is 6.23. The van der Waals surface area contributed by atoms with Gasteiger partial charge in [0.15, 0.2) is 0 Å².